The van der Waals surface area contributed by atoms with Crippen molar-refractivity contribution in [2.75, 3.05) is 5.73 Å². The Kier molecular flexibility index (Phi) is 4.21. The Bertz CT molecular complexity index is 686. The molecule has 21 heavy (non-hydrogen) atoms. The number of halogens is 2. The van der Waals surface area contributed by atoms with E-state index in [1.54, 1.807) is 31.2 Å². The number of rotatable bonds is 3. The lowest BCUT2D eigenvalue weighted by atomic mass is 10.0. The molecule has 0 heterocycles. The Morgan fingerprint density at radius 2 is 1.86 bits per heavy atom. The molecule has 0 fully saturated rings. The van der Waals surface area contributed by atoms with E-state index in [1.807, 2.05) is 0 Å². The summed E-state index contributed by atoms with van der Waals surface area (Å²) in [5, 5.41) is 2.66. The number of hydrogen-bond acceptors (Lipinski definition) is 2. The van der Waals surface area contributed by atoms with Crippen molar-refractivity contribution < 1.29 is 13.6 Å². The molecule has 0 aliphatic heterocycles. The molecule has 0 aliphatic rings. The molecule has 0 aliphatic carbocycles. The maximum absolute atomic E-state index is 13.7. The Labute approximate surface area is 121 Å². The van der Waals surface area contributed by atoms with Crippen molar-refractivity contribution in [2.24, 2.45) is 0 Å². The summed E-state index contributed by atoms with van der Waals surface area (Å²) in [4.78, 5) is 12.1. The van der Waals surface area contributed by atoms with E-state index in [-0.39, 0.29) is 17.2 Å². The standard InChI is InChI=1S/C16H16F2N2O/c1-9-7-12(14(18)8-13(9)17)16(21)20-10(2)11-5-3-4-6-15(11)19/h3-8,10H,19H2,1-2H3,(H,20,21). The van der Waals surface area contributed by atoms with Gasteiger partial charge in [0.15, 0.2) is 0 Å². The lowest BCUT2D eigenvalue weighted by Gasteiger charge is -2.16. The number of carbonyl (C=O) groups is 1. The molecule has 3 N–H and O–H groups in total. The first-order valence-corrected chi connectivity index (χ1v) is 6.51. The van der Waals surface area contributed by atoms with Crippen molar-refractivity contribution in [3.8, 4) is 0 Å². The molecule has 0 bridgehead atoms. The maximum atomic E-state index is 13.7. The lowest BCUT2D eigenvalue weighted by molar-refractivity contribution is 0.0936. The van der Waals surface area contributed by atoms with Crippen molar-refractivity contribution >= 4 is 11.6 Å². The monoisotopic (exact) mass is 290 g/mol. The number of benzene rings is 2. The van der Waals surface area contributed by atoms with E-state index in [2.05, 4.69) is 5.32 Å². The van der Waals surface area contributed by atoms with Gasteiger partial charge >= 0.3 is 0 Å². The Morgan fingerprint density at radius 3 is 2.52 bits per heavy atom. The zero-order valence-corrected chi connectivity index (χ0v) is 11.8. The first kappa shape index (κ1) is 15.0. The number of hydrogen-bond donors (Lipinski definition) is 2. The van der Waals surface area contributed by atoms with Crippen LogP contribution in [-0.4, -0.2) is 5.91 Å². The number of carbonyl (C=O) groups excluding carboxylic acids is 1. The molecule has 1 amide bonds. The number of nitrogens with one attached hydrogen (secondary N) is 1. The largest absolute Gasteiger partial charge is 0.398 e. The number of amides is 1. The quantitative estimate of drug-likeness (QED) is 0.852. The summed E-state index contributed by atoms with van der Waals surface area (Å²) in [5.41, 5.74) is 7.15. The lowest BCUT2D eigenvalue weighted by Crippen LogP contribution is -2.28. The van der Waals surface area contributed by atoms with Gasteiger partial charge in [0.2, 0.25) is 0 Å². The molecule has 1 unspecified atom stereocenters. The van der Waals surface area contributed by atoms with Crippen LogP contribution < -0.4 is 11.1 Å². The first-order valence-electron chi connectivity index (χ1n) is 6.51. The molecular formula is C16H16F2N2O. The summed E-state index contributed by atoms with van der Waals surface area (Å²) < 4.78 is 26.9. The topological polar surface area (TPSA) is 55.1 Å². The first-order chi connectivity index (χ1) is 9.90. The van der Waals surface area contributed by atoms with E-state index in [1.165, 1.54) is 13.0 Å². The van der Waals surface area contributed by atoms with E-state index in [9.17, 15) is 13.6 Å². The minimum atomic E-state index is -0.885. The van der Waals surface area contributed by atoms with Gasteiger partial charge in [-0.05, 0) is 37.1 Å². The summed E-state index contributed by atoms with van der Waals surface area (Å²) in [6.07, 6.45) is 0. The number of anilines is 1. The molecule has 0 saturated heterocycles. The van der Waals surface area contributed by atoms with Crippen LogP contribution in [0.3, 0.4) is 0 Å². The number of para-hydroxylation sites is 1. The Morgan fingerprint density at radius 1 is 1.19 bits per heavy atom. The molecule has 0 saturated carbocycles. The molecule has 0 aromatic heterocycles. The number of nitrogen functional groups attached to an aromatic ring is 1. The molecule has 110 valence electrons. The average Bonchev–Trinajstić information content (AvgIpc) is 2.43. The van der Waals surface area contributed by atoms with Gasteiger partial charge in [-0.1, -0.05) is 18.2 Å². The molecule has 0 spiro atoms. The third-order valence-electron chi connectivity index (χ3n) is 3.30. The van der Waals surface area contributed by atoms with Gasteiger partial charge in [0, 0.05) is 11.8 Å². The highest BCUT2D eigenvalue weighted by molar-refractivity contribution is 5.95. The van der Waals surface area contributed by atoms with Gasteiger partial charge in [0.05, 0.1) is 11.6 Å². The summed E-state index contributed by atoms with van der Waals surface area (Å²) in [5.74, 6) is -2.17. The van der Waals surface area contributed by atoms with Gasteiger partial charge in [0.25, 0.3) is 5.91 Å². The molecule has 0 radical (unpaired) electrons. The van der Waals surface area contributed by atoms with Crippen LogP contribution in [0.4, 0.5) is 14.5 Å². The van der Waals surface area contributed by atoms with Gasteiger partial charge in [-0.3, -0.25) is 4.79 Å². The Hall–Kier alpha value is -2.43. The Balaban J connectivity index is 2.22. The molecule has 2 aromatic carbocycles. The molecule has 2 aromatic rings. The minimum Gasteiger partial charge on any atom is -0.398 e. The van der Waals surface area contributed by atoms with Crippen LogP contribution in [0.5, 0.6) is 0 Å². The summed E-state index contributed by atoms with van der Waals surface area (Å²) in [6.45, 7) is 3.22. The molecule has 3 nitrogen and oxygen atoms in total. The van der Waals surface area contributed by atoms with Gasteiger partial charge in [-0.15, -0.1) is 0 Å². The van der Waals surface area contributed by atoms with Crippen LogP contribution in [0.15, 0.2) is 36.4 Å². The van der Waals surface area contributed by atoms with Crippen molar-refractivity contribution in [2.45, 2.75) is 19.9 Å². The molecule has 1 atom stereocenters. The van der Waals surface area contributed by atoms with E-state index in [0.29, 0.717) is 11.8 Å². The summed E-state index contributed by atoms with van der Waals surface area (Å²) in [6, 6.07) is 8.62. The molecular weight excluding hydrogens is 274 g/mol. The van der Waals surface area contributed by atoms with Gasteiger partial charge in [0.1, 0.15) is 11.6 Å². The highest BCUT2D eigenvalue weighted by Gasteiger charge is 2.18. The fourth-order valence-electron chi connectivity index (χ4n) is 2.09. The fraction of sp³-hybridized carbons (Fsp3) is 0.188. The van der Waals surface area contributed by atoms with Crippen molar-refractivity contribution in [1.29, 1.82) is 0 Å². The van der Waals surface area contributed by atoms with Crippen LogP contribution in [0.2, 0.25) is 0 Å². The summed E-state index contributed by atoms with van der Waals surface area (Å²) in [7, 11) is 0. The third-order valence-corrected chi connectivity index (χ3v) is 3.30. The normalized spacial score (nSPS) is 12.0. The molecule has 5 heteroatoms. The van der Waals surface area contributed by atoms with Crippen LogP contribution in [0.1, 0.15) is 34.5 Å². The van der Waals surface area contributed by atoms with E-state index < -0.39 is 17.5 Å². The van der Waals surface area contributed by atoms with Crippen molar-refractivity contribution in [3.05, 3.63) is 64.7 Å². The minimum absolute atomic E-state index is 0.185. The zero-order valence-electron chi connectivity index (χ0n) is 11.8. The van der Waals surface area contributed by atoms with Crippen LogP contribution >= 0.6 is 0 Å². The second kappa shape index (κ2) is 5.91. The number of nitrogens with two attached hydrogens (primary N) is 1. The maximum Gasteiger partial charge on any atom is 0.254 e. The SMILES string of the molecule is Cc1cc(C(=O)NC(C)c2ccccc2N)c(F)cc1F. The average molecular weight is 290 g/mol. The van der Waals surface area contributed by atoms with E-state index >= 15 is 0 Å². The predicted molar refractivity (Wildman–Crippen MR) is 77.8 cm³/mol. The number of aryl methyl sites for hydroxylation is 1. The van der Waals surface area contributed by atoms with Crippen LogP contribution in [0, 0.1) is 18.6 Å². The van der Waals surface area contributed by atoms with E-state index in [4.69, 9.17) is 5.73 Å². The van der Waals surface area contributed by atoms with Crippen molar-refractivity contribution in [1.82, 2.24) is 5.32 Å². The van der Waals surface area contributed by atoms with Gasteiger partial charge < -0.3 is 11.1 Å². The van der Waals surface area contributed by atoms with Crippen molar-refractivity contribution in [3.63, 3.8) is 0 Å². The van der Waals surface area contributed by atoms with Crippen LogP contribution in [-0.2, 0) is 0 Å². The van der Waals surface area contributed by atoms with Crippen LogP contribution in [0.25, 0.3) is 0 Å². The molecule has 2 rings (SSSR count). The zero-order chi connectivity index (χ0) is 15.6. The highest BCUT2D eigenvalue weighted by Crippen LogP contribution is 2.21. The smallest absolute Gasteiger partial charge is 0.254 e. The second-order valence-electron chi connectivity index (χ2n) is 4.91. The third kappa shape index (κ3) is 3.18. The second-order valence-corrected chi connectivity index (χ2v) is 4.91. The highest BCUT2D eigenvalue weighted by atomic mass is 19.1. The predicted octanol–water partition coefficient (Wildman–Crippen LogP) is 3.35. The van der Waals surface area contributed by atoms with Gasteiger partial charge in [-0.2, -0.15) is 0 Å². The van der Waals surface area contributed by atoms with Gasteiger partial charge in [-0.25, -0.2) is 8.78 Å². The fourth-order valence-corrected chi connectivity index (χ4v) is 2.09. The summed E-state index contributed by atoms with van der Waals surface area (Å²) >= 11 is 0. The van der Waals surface area contributed by atoms with E-state index in [0.717, 1.165) is 5.56 Å².